The molecule has 1 fully saturated rings. The molecule has 0 bridgehead atoms. The van der Waals surface area contributed by atoms with Crippen LogP contribution in [0.3, 0.4) is 0 Å². The summed E-state index contributed by atoms with van der Waals surface area (Å²) in [6.45, 7) is 14.8. The number of pyridine rings is 1. The number of rotatable bonds is 14. The van der Waals surface area contributed by atoms with Gasteiger partial charge in [0.15, 0.2) is 5.78 Å². The Morgan fingerprint density at radius 2 is 1.71 bits per heavy atom. The van der Waals surface area contributed by atoms with Crippen molar-refractivity contribution in [3.05, 3.63) is 91.6 Å². The molecule has 242 valence electrons. The van der Waals surface area contributed by atoms with Crippen molar-refractivity contribution < 1.29 is 18.7 Å². The smallest absolute Gasteiger partial charge is 0.306 e. The third-order valence-corrected chi connectivity index (χ3v) is 9.15. The molecule has 1 aliphatic heterocycles. The molecule has 2 heterocycles. The van der Waals surface area contributed by atoms with Crippen LogP contribution in [0.15, 0.2) is 47.4 Å². The van der Waals surface area contributed by atoms with Crippen LogP contribution in [-0.4, -0.2) is 47.5 Å². The van der Waals surface area contributed by atoms with Crippen molar-refractivity contribution in [2.24, 2.45) is 5.92 Å². The Bertz CT molecular complexity index is 1570. The fraction of sp³-hybridized carbons (Fsp3) is 0.486. The zero-order valence-corrected chi connectivity index (χ0v) is 28.2. The van der Waals surface area contributed by atoms with E-state index in [1.165, 1.54) is 6.42 Å². The molecule has 1 unspecified atom stereocenters. The van der Waals surface area contributed by atoms with Gasteiger partial charge in [-0.2, -0.15) is 0 Å². The van der Waals surface area contributed by atoms with Crippen LogP contribution in [0, 0.1) is 32.5 Å². The summed E-state index contributed by atoms with van der Waals surface area (Å²) >= 11 is 6.47. The topological polar surface area (TPSA) is 68.6 Å². The molecule has 0 saturated carbocycles. The fourth-order valence-electron chi connectivity index (χ4n) is 6.34. The van der Waals surface area contributed by atoms with Gasteiger partial charge >= 0.3 is 5.97 Å². The van der Waals surface area contributed by atoms with Crippen molar-refractivity contribution in [3.63, 3.8) is 0 Å². The molecule has 0 N–H and O–H groups in total. The Labute approximate surface area is 271 Å². The van der Waals surface area contributed by atoms with Crippen LogP contribution >= 0.6 is 11.6 Å². The highest BCUT2D eigenvalue weighted by atomic mass is 35.5. The van der Waals surface area contributed by atoms with Gasteiger partial charge in [0.25, 0.3) is 5.56 Å². The van der Waals surface area contributed by atoms with Gasteiger partial charge in [0.2, 0.25) is 0 Å². The van der Waals surface area contributed by atoms with Gasteiger partial charge in [-0.1, -0.05) is 43.6 Å². The summed E-state index contributed by atoms with van der Waals surface area (Å²) < 4.78 is 22.7. The van der Waals surface area contributed by atoms with Gasteiger partial charge in [0.1, 0.15) is 5.82 Å². The van der Waals surface area contributed by atoms with E-state index >= 15 is 4.39 Å². The Morgan fingerprint density at radius 1 is 1.02 bits per heavy atom. The Balaban J connectivity index is 1.74. The number of aryl methyl sites for hydroxylation is 3. The van der Waals surface area contributed by atoms with E-state index in [-0.39, 0.29) is 47.3 Å². The van der Waals surface area contributed by atoms with Gasteiger partial charge < -0.3 is 14.2 Å². The van der Waals surface area contributed by atoms with Crippen LogP contribution in [0.2, 0.25) is 5.02 Å². The molecule has 0 spiro atoms. The molecular formula is C37H46ClFN2O4. The molecular weight excluding hydrogens is 591 g/mol. The van der Waals surface area contributed by atoms with E-state index in [2.05, 4.69) is 4.90 Å². The maximum Gasteiger partial charge on any atom is 0.306 e. The molecule has 1 aliphatic rings. The van der Waals surface area contributed by atoms with Crippen LogP contribution in [0.4, 0.5) is 4.39 Å². The molecule has 4 rings (SSSR count). The maximum atomic E-state index is 15.9. The lowest BCUT2D eigenvalue weighted by molar-refractivity contribution is -0.143. The minimum Gasteiger partial charge on any atom is -0.466 e. The molecule has 2 atom stereocenters. The van der Waals surface area contributed by atoms with Gasteiger partial charge in [-0.05, 0) is 117 Å². The lowest BCUT2D eigenvalue weighted by Crippen LogP contribution is -2.38. The third-order valence-electron chi connectivity index (χ3n) is 8.88. The van der Waals surface area contributed by atoms with Crippen molar-refractivity contribution in [3.8, 4) is 11.1 Å². The number of hydrogen-bond donors (Lipinski definition) is 0. The highest BCUT2D eigenvalue weighted by Gasteiger charge is 2.31. The first-order chi connectivity index (χ1) is 21.4. The molecule has 45 heavy (non-hydrogen) atoms. The standard InChI is InChI=1S/C37H46ClFN2O4/c1-7-45-35(44)21-28(30-18-29(19-31(38)37(30)39)36-24(4)10-8-11-25(36)5)20-33(42)32(16-23(2)3)41-22-27(26(6)17-34(41)43)12-15-40-13-9-14-40/h8,10-11,17-19,22-23,28,32H,7,9,12-16,20-21H2,1-6H3/t28-,32?/m0/s1. The Kier molecular flexibility index (Phi) is 11.8. The van der Waals surface area contributed by atoms with E-state index in [0.717, 1.165) is 53.9 Å². The number of esters is 1. The van der Waals surface area contributed by atoms with E-state index in [4.69, 9.17) is 16.3 Å². The molecule has 0 aliphatic carbocycles. The van der Waals surface area contributed by atoms with Crippen molar-refractivity contribution >= 4 is 23.4 Å². The lowest BCUT2D eigenvalue weighted by Gasteiger charge is -2.31. The van der Waals surface area contributed by atoms with Crippen LogP contribution in [-0.2, 0) is 20.7 Å². The second kappa shape index (κ2) is 15.3. The summed E-state index contributed by atoms with van der Waals surface area (Å²) in [7, 11) is 0. The predicted molar refractivity (Wildman–Crippen MR) is 179 cm³/mol. The molecule has 1 aromatic heterocycles. The number of Topliss-reactive ketones (excluding diaryl/α,β-unsaturated/α-hetero) is 1. The molecule has 3 aromatic rings. The number of benzene rings is 2. The molecule has 1 saturated heterocycles. The van der Waals surface area contributed by atoms with Crippen LogP contribution in [0.25, 0.3) is 11.1 Å². The van der Waals surface area contributed by atoms with Gasteiger partial charge in [-0.3, -0.25) is 14.4 Å². The highest BCUT2D eigenvalue weighted by Crippen LogP contribution is 2.38. The number of nitrogens with zero attached hydrogens (tertiary/aromatic N) is 2. The molecule has 0 amide bonds. The second-order valence-electron chi connectivity index (χ2n) is 12.8. The first-order valence-electron chi connectivity index (χ1n) is 16.1. The third kappa shape index (κ3) is 8.50. The summed E-state index contributed by atoms with van der Waals surface area (Å²) in [5.74, 6) is -2.14. The number of carbonyl (C=O) groups excluding carboxylic acids is 2. The average Bonchev–Trinajstić information content (AvgIpc) is 2.93. The number of aromatic nitrogens is 1. The van der Waals surface area contributed by atoms with Crippen molar-refractivity contribution in [1.82, 2.24) is 9.47 Å². The normalized spacial score (nSPS) is 14.7. The van der Waals surface area contributed by atoms with E-state index < -0.39 is 23.7 Å². The van der Waals surface area contributed by atoms with E-state index in [0.29, 0.717) is 12.0 Å². The average molecular weight is 637 g/mol. The molecule has 2 aromatic carbocycles. The molecule has 8 heteroatoms. The number of halogens is 2. The van der Waals surface area contributed by atoms with Gasteiger partial charge in [0.05, 0.1) is 24.1 Å². The van der Waals surface area contributed by atoms with Crippen LogP contribution in [0.1, 0.15) is 86.2 Å². The summed E-state index contributed by atoms with van der Waals surface area (Å²) in [6.07, 6.45) is 3.92. The monoisotopic (exact) mass is 636 g/mol. The van der Waals surface area contributed by atoms with Gasteiger partial charge in [-0.15, -0.1) is 0 Å². The minimum atomic E-state index is -0.833. The van der Waals surface area contributed by atoms with Crippen molar-refractivity contribution in [1.29, 1.82) is 0 Å². The number of carbonyl (C=O) groups is 2. The second-order valence-corrected chi connectivity index (χ2v) is 13.2. The predicted octanol–water partition coefficient (Wildman–Crippen LogP) is 7.76. The van der Waals surface area contributed by atoms with E-state index in [1.54, 1.807) is 29.7 Å². The largest absolute Gasteiger partial charge is 0.466 e. The lowest BCUT2D eigenvalue weighted by atomic mass is 9.84. The summed E-state index contributed by atoms with van der Waals surface area (Å²) in [6, 6.07) is 10.1. The number of likely N-dealkylation sites (tertiary alicyclic amines) is 1. The first-order valence-corrected chi connectivity index (χ1v) is 16.4. The summed E-state index contributed by atoms with van der Waals surface area (Å²) in [5, 5.41) is -0.0770. The maximum absolute atomic E-state index is 15.9. The molecule has 6 nitrogen and oxygen atoms in total. The zero-order valence-electron chi connectivity index (χ0n) is 27.4. The van der Waals surface area contributed by atoms with E-state index in [1.807, 2.05) is 59.0 Å². The number of ether oxygens (including phenoxy) is 1. The Hall–Kier alpha value is -3.29. The Morgan fingerprint density at radius 3 is 2.31 bits per heavy atom. The number of ketones is 1. The highest BCUT2D eigenvalue weighted by molar-refractivity contribution is 6.31. The van der Waals surface area contributed by atoms with Crippen LogP contribution < -0.4 is 5.56 Å². The van der Waals surface area contributed by atoms with Crippen molar-refractivity contribution in [2.45, 2.75) is 85.6 Å². The van der Waals surface area contributed by atoms with Crippen LogP contribution in [0.5, 0.6) is 0 Å². The number of hydrogen-bond acceptors (Lipinski definition) is 5. The molecule has 0 radical (unpaired) electrons. The van der Waals surface area contributed by atoms with Gasteiger partial charge in [0, 0.05) is 31.1 Å². The zero-order chi connectivity index (χ0) is 32.8. The van der Waals surface area contributed by atoms with E-state index in [9.17, 15) is 14.4 Å². The summed E-state index contributed by atoms with van der Waals surface area (Å²) in [4.78, 5) is 42.8. The first kappa shape index (κ1) is 34.6. The quantitative estimate of drug-likeness (QED) is 0.169. The SMILES string of the molecule is CCOC(=O)C[C@H](CC(=O)C(CC(C)C)n1cc(CCN2CCC2)c(C)cc1=O)c1cc(-c2c(C)cccc2C)cc(Cl)c1F. The fourth-order valence-corrected chi connectivity index (χ4v) is 6.56. The van der Waals surface area contributed by atoms with Crippen molar-refractivity contribution in [2.75, 3.05) is 26.2 Å². The minimum absolute atomic E-state index is 0.0770. The van der Waals surface area contributed by atoms with Gasteiger partial charge in [-0.25, -0.2) is 4.39 Å². The summed E-state index contributed by atoms with van der Waals surface area (Å²) in [5.41, 5.74) is 5.54.